The Morgan fingerprint density at radius 3 is 2.58 bits per heavy atom. The Kier molecular flexibility index (Phi) is 7.42. The summed E-state index contributed by atoms with van der Waals surface area (Å²) in [5.41, 5.74) is 1.12. The molecule has 0 saturated carbocycles. The zero-order chi connectivity index (χ0) is 14.3. The van der Waals surface area contributed by atoms with Crippen LogP contribution >= 0.6 is 11.6 Å². The number of halogens is 1. The van der Waals surface area contributed by atoms with Gasteiger partial charge in [-0.3, -0.25) is 4.68 Å². The lowest BCUT2D eigenvalue weighted by atomic mass is 10.1. The number of aromatic nitrogens is 2. The standard InChI is InChI=1S/C14H27ClN4/c1-5-9-19-14(12(15)11-17-19)13(16-4)8-10-18(6-2)7-3/h11,13,16H,5-10H2,1-4H3. The predicted octanol–water partition coefficient (Wildman–Crippen LogP) is 2.94. The minimum absolute atomic E-state index is 0.266. The van der Waals surface area contributed by atoms with Gasteiger partial charge in [-0.25, -0.2) is 0 Å². The molecule has 0 spiro atoms. The van der Waals surface area contributed by atoms with Crippen molar-refractivity contribution in [2.75, 3.05) is 26.7 Å². The van der Waals surface area contributed by atoms with Crippen molar-refractivity contribution in [3.8, 4) is 0 Å². The maximum Gasteiger partial charge on any atom is 0.0834 e. The highest BCUT2D eigenvalue weighted by atomic mass is 35.5. The van der Waals surface area contributed by atoms with Crippen LogP contribution in [0.15, 0.2) is 6.20 Å². The molecule has 0 aliphatic heterocycles. The molecular formula is C14H27ClN4. The highest BCUT2D eigenvalue weighted by Crippen LogP contribution is 2.25. The first-order chi connectivity index (χ1) is 9.17. The van der Waals surface area contributed by atoms with Crippen molar-refractivity contribution in [1.29, 1.82) is 0 Å². The smallest absolute Gasteiger partial charge is 0.0834 e. The van der Waals surface area contributed by atoms with Crippen molar-refractivity contribution < 1.29 is 0 Å². The molecule has 1 rings (SSSR count). The molecule has 0 amide bonds. The molecule has 0 saturated heterocycles. The van der Waals surface area contributed by atoms with Crippen LogP contribution in [0.5, 0.6) is 0 Å². The fourth-order valence-corrected chi connectivity index (χ4v) is 2.65. The predicted molar refractivity (Wildman–Crippen MR) is 81.7 cm³/mol. The summed E-state index contributed by atoms with van der Waals surface area (Å²) in [6, 6.07) is 0.266. The fourth-order valence-electron chi connectivity index (χ4n) is 2.38. The molecule has 0 aromatic carbocycles. The van der Waals surface area contributed by atoms with E-state index in [1.807, 2.05) is 11.7 Å². The van der Waals surface area contributed by atoms with Gasteiger partial charge in [0.15, 0.2) is 0 Å². The van der Waals surface area contributed by atoms with E-state index in [4.69, 9.17) is 11.6 Å². The van der Waals surface area contributed by atoms with E-state index in [0.29, 0.717) is 0 Å². The molecule has 1 N–H and O–H groups in total. The second-order valence-electron chi connectivity index (χ2n) is 4.76. The Morgan fingerprint density at radius 1 is 1.37 bits per heavy atom. The van der Waals surface area contributed by atoms with Crippen LogP contribution < -0.4 is 5.32 Å². The van der Waals surface area contributed by atoms with Crippen molar-refractivity contribution in [3.63, 3.8) is 0 Å². The molecule has 1 aromatic rings. The molecule has 0 aliphatic carbocycles. The molecule has 4 nitrogen and oxygen atoms in total. The molecule has 0 bridgehead atoms. The topological polar surface area (TPSA) is 33.1 Å². The van der Waals surface area contributed by atoms with E-state index < -0.39 is 0 Å². The van der Waals surface area contributed by atoms with Crippen molar-refractivity contribution in [3.05, 3.63) is 16.9 Å². The van der Waals surface area contributed by atoms with Gasteiger partial charge in [0.25, 0.3) is 0 Å². The number of nitrogens with one attached hydrogen (secondary N) is 1. The Morgan fingerprint density at radius 2 is 2.05 bits per heavy atom. The van der Waals surface area contributed by atoms with E-state index in [2.05, 4.69) is 36.1 Å². The Bertz CT molecular complexity index is 360. The number of nitrogens with zero attached hydrogens (tertiary/aromatic N) is 3. The van der Waals surface area contributed by atoms with Crippen LogP contribution in [0.4, 0.5) is 0 Å². The summed E-state index contributed by atoms with van der Waals surface area (Å²) in [6.45, 7) is 10.7. The molecule has 1 heterocycles. The molecule has 0 aliphatic rings. The van der Waals surface area contributed by atoms with Crippen molar-refractivity contribution in [2.45, 2.75) is 46.2 Å². The normalized spacial score (nSPS) is 13.2. The fraction of sp³-hybridized carbons (Fsp3) is 0.786. The zero-order valence-electron chi connectivity index (χ0n) is 12.6. The van der Waals surface area contributed by atoms with Crippen molar-refractivity contribution in [2.24, 2.45) is 0 Å². The maximum absolute atomic E-state index is 6.30. The summed E-state index contributed by atoms with van der Waals surface area (Å²) < 4.78 is 2.03. The molecule has 0 fully saturated rings. The van der Waals surface area contributed by atoms with Crippen LogP contribution in [0.3, 0.4) is 0 Å². The van der Waals surface area contributed by atoms with Gasteiger partial charge in [0.2, 0.25) is 0 Å². The average molecular weight is 287 g/mol. The van der Waals surface area contributed by atoms with Gasteiger partial charge in [0.1, 0.15) is 0 Å². The number of hydrogen-bond acceptors (Lipinski definition) is 3. The van der Waals surface area contributed by atoms with E-state index in [9.17, 15) is 0 Å². The third-order valence-electron chi connectivity index (χ3n) is 3.58. The van der Waals surface area contributed by atoms with E-state index in [1.165, 1.54) is 0 Å². The third-order valence-corrected chi connectivity index (χ3v) is 3.87. The first-order valence-electron chi connectivity index (χ1n) is 7.28. The van der Waals surface area contributed by atoms with E-state index in [1.54, 1.807) is 6.20 Å². The lowest BCUT2D eigenvalue weighted by molar-refractivity contribution is 0.281. The van der Waals surface area contributed by atoms with Crippen LogP contribution in [-0.4, -0.2) is 41.4 Å². The van der Waals surface area contributed by atoms with E-state index in [0.717, 1.165) is 49.7 Å². The molecule has 1 unspecified atom stereocenters. The lowest BCUT2D eigenvalue weighted by Crippen LogP contribution is -2.29. The monoisotopic (exact) mass is 286 g/mol. The van der Waals surface area contributed by atoms with Gasteiger partial charge in [-0.05, 0) is 39.5 Å². The van der Waals surface area contributed by atoms with Gasteiger partial charge in [-0.15, -0.1) is 0 Å². The summed E-state index contributed by atoms with van der Waals surface area (Å²) in [5, 5.41) is 8.52. The van der Waals surface area contributed by atoms with Gasteiger partial charge >= 0.3 is 0 Å². The van der Waals surface area contributed by atoms with E-state index in [-0.39, 0.29) is 6.04 Å². The van der Waals surface area contributed by atoms with Gasteiger partial charge in [-0.1, -0.05) is 32.4 Å². The number of rotatable bonds is 9. The number of aryl methyl sites for hydroxylation is 1. The largest absolute Gasteiger partial charge is 0.312 e. The van der Waals surface area contributed by atoms with Crippen LogP contribution in [0.25, 0.3) is 0 Å². The van der Waals surface area contributed by atoms with Crippen LogP contribution in [0.1, 0.15) is 45.3 Å². The zero-order valence-corrected chi connectivity index (χ0v) is 13.4. The highest BCUT2D eigenvalue weighted by Gasteiger charge is 2.19. The molecule has 19 heavy (non-hydrogen) atoms. The summed E-state index contributed by atoms with van der Waals surface area (Å²) in [5.74, 6) is 0. The Hall–Kier alpha value is -0.580. The van der Waals surface area contributed by atoms with Crippen molar-refractivity contribution >= 4 is 11.6 Å². The molecule has 110 valence electrons. The quantitative estimate of drug-likeness (QED) is 0.758. The third kappa shape index (κ3) is 4.48. The summed E-state index contributed by atoms with van der Waals surface area (Å²) >= 11 is 6.30. The van der Waals surface area contributed by atoms with Crippen LogP contribution in [0.2, 0.25) is 5.02 Å². The van der Waals surface area contributed by atoms with Crippen LogP contribution in [-0.2, 0) is 6.54 Å². The van der Waals surface area contributed by atoms with Gasteiger partial charge in [0, 0.05) is 6.54 Å². The second kappa shape index (κ2) is 8.56. The Labute approximate surface area is 122 Å². The summed E-state index contributed by atoms with van der Waals surface area (Å²) in [7, 11) is 1.99. The maximum atomic E-state index is 6.30. The first kappa shape index (κ1) is 16.5. The molecular weight excluding hydrogens is 260 g/mol. The molecule has 0 radical (unpaired) electrons. The van der Waals surface area contributed by atoms with Crippen LogP contribution in [0, 0.1) is 0 Å². The Balaban J connectivity index is 2.76. The second-order valence-corrected chi connectivity index (χ2v) is 5.16. The molecule has 5 heteroatoms. The SMILES string of the molecule is CCCn1ncc(Cl)c1C(CCN(CC)CC)NC. The lowest BCUT2D eigenvalue weighted by Gasteiger charge is -2.23. The number of hydrogen-bond donors (Lipinski definition) is 1. The first-order valence-corrected chi connectivity index (χ1v) is 7.66. The van der Waals surface area contributed by atoms with E-state index >= 15 is 0 Å². The minimum atomic E-state index is 0.266. The van der Waals surface area contributed by atoms with Crippen molar-refractivity contribution in [1.82, 2.24) is 20.0 Å². The minimum Gasteiger partial charge on any atom is -0.312 e. The summed E-state index contributed by atoms with van der Waals surface area (Å²) in [4.78, 5) is 2.43. The van der Waals surface area contributed by atoms with Gasteiger partial charge in [0.05, 0.1) is 23.0 Å². The van der Waals surface area contributed by atoms with Gasteiger partial charge in [-0.2, -0.15) is 5.10 Å². The average Bonchev–Trinajstić information content (AvgIpc) is 2.77. The molecule has 1 aromatic heterocycles. The molecule has 1 atom stereocenters. The van der Waals surface area contributed by atoms with Gasteiger partial charge < -0.3 is 10.2 Å². The summed E-state index contributed by atoms with van der Waals surface area (Å²) in [6.07, 6.45) is 3.87. The highest BCUT2D eigenvalue weighted by molar-refractivity contribution is 6.31.